The molecule has 4 rings (SSSR count). The zero-order chi connectivity index (χ0) is 59.9. The van der Waals surface area contributed by atoms with Gasteiger partial charge in [-0.2, -0.15) is 74.3 Å². The highest BCUT2D eigenvalue weighted by molar-refractivity contribution is 7.88. The number of hydrogen-bond donors (Lipinski definition) is 2. The van der Waals surface area contributed by atoms with Crippen LogP contribution in [0, 0.1) is 39.5 Å². The second-order valence-corrected chi connectivity index (χ2v) is 19.8. The third kappa shape index (κ3) is 14.2. The maximum absolute atomic E-state index is 13.0. The van der Waals surface area contributed by atoms with Gasteiger partial charge < -0.3 is 19.1 Å². The molecule has 0 bridgehead atoms. The van der Waals surface area contributed by atoms with Crippen LogP contribution in [0.25, 0.3) is 12.2 Å². The number of carbonyl (C=O) groups excluding carboxylic acids is 1. The Morgan fingerprint density at radius 2 is 0.885 bits per heavy atom. The Balaban J connectivity index is 0.000000410. The summed E-state index contributed by atoms with van der Waals surface area (Å²) < 4.78 is 226. The summed E-state index contributed by atoms with van der Waals surface area (Å²) in [6.07, 6.45) is -20.5. The summed E-state index contributed by atoms with van der Waals surface area (Å²) >= 11 is 0. The van der Waals surface area contributed by atoms with Crippen LogP contribution in [0.15, 0.2) is 84.9 Å². The van der Waals surface area contributed by atoms with Crippen molar-refractivity contribution in [1.29, 1.82) is 0 Å². The van der Waals surface area contributed by atoms with Crippen LogP contribution in [0.5, 0.6) is 5.75 Å². The molecule has 0 aromatic heterocycles. The van der Waals surface area contributed by atoms with Crippen LogP contribution in [-0.2, 0) is 30.5 Å². The van der Waals surface area contributed by atoms with Gasteiger partial charge in [0.25, 0.3) is 11.2 Å². The van der Waals surface area contributed by atoms with E-state index in [2.05, 4.69) is 20.8 Å². The topological polar surface area (TPSA) is 110 Å². The van der Waals surface area contributed by atoms with Crippen LogP contribution in [0.2, 0.25) is 0 Å². The number of rotatable bonds is 16. The normalized spacial score (nSPS) is 13.5. The quantitative estimate of drug-likeness (QED) is 0.0378. The average Bonchev–Trinajstić information content (AvgIpc) is 3.32. The molecule has 4 aromatic carbocycles. The SMILES string of the molecule is CCC(CC)(c1ccc(/C=C/C(O)(C(F)(F)F)C(F)(F)F)c(C)c1)c1ccc(OS(=O)(=O)C(F)(F)F)c(C)c1.CCC(CC)(c1ccc(C#CCCC(=O)OC)c(C)c1)c1ccc(/C=C/C(O)(C(F)(F)F)C(F)(F)F)c(C)c1. The molecule has 0 amide bonds. The van der Waals surface area contributed by atoms with Crippen LogP contribution >= 0.6 is 0 Å². The molecular weight excluding hydrogens is 1090 g/mol. The number of carbonyl (C=O) groups is 1. The van der Waals surface area contributed by atoms with Gasteiger partial charge in [-0.25, -0.2) is 0 Å². The fourth-order valence-electron chi connectivity index (χ4n) is 8.64. The Hall–Kier alpha value is -5.99. The third-order valence-corrected chi connectivity index (χ3v) is 14.7. The summed E-state index contributed by atoms with van der Waals surface area (Å²) in [7, 11) is -4.58. The first kappa shape index (κ1) is 66.3. The van der Waals surface area contributed by atoms with E-state index in [1.807, 2.05) is 39.0 Å². The highest BCUT2D eigenvalue weighted by Crippen LogP contribution is 2.47. The lowest BCUT2D eigenvalue weighted by Gasteiger charge is -2.34. The highest BCUT2D eigenvalue weighted by atomic mass is 32.2. The van der Waals surface area contributed by atoms with Gasteiger partial charge in [0.05, 0.1) is 13.5 Å². The Kier molecular flexibility index (Phi) is 20.9. The van der Waals surface area contributed by atoms with Crippen LogP contribution in [0.3, 0.4) is 0 Å². The average molecular weight is 1150 g/mol. The van der Waals surface area contributed by atoms with Crippen molar-refractivity contribution in [2.24, 2.45) is 0 Å². The van der Waals surface area contributed by atoms with E-state index in [9.17, 15) is 89.3 Å². The van der Waals surface area contributed by atoms with E-state index in [1.165, 1.54) is 51.3 Å². The lowest BCUT2D eigenvalue weighted by molar-refractivity contribution is -0.348. The van der Waals surface area contributed by atoms with Crippen LogP contribution in [0.4, 0.5) is 65.9 Å². The molecule has 0 radical (unpaired) electrons. The maximum atomic E-state index is 13.0. The number of esters is 1. The number of benzene rings is 4. The minimum absolute atomic E-state index is 0.0240. The predicted molar refractivity (Wildman–Crippen MR) is 263 cm³/mol. The molecule has 0 spiro atoms. The molecule has 2 N–H and O–H groups in total. The van der Waals surface area contributed by atoms with Gasteiger partial charge >= 0.3 is 46.3 Å². The maximum Gasteiger partial charge on any atom is 0.534 e. The van der Waals surface area contributed by atoms with E-state index in [4.69, 9.17) is 0 Å². The molecule has 23 heteroatoms. The van der Waals surface area contributed by atoms with E-state index in [1.54, 1.807) is 39.0 Å². The fourth-order valence-corrected chi connectivity index (χ4v) is 9.16. The molecule has 0 atom stereocenters. The van der Waals surface area contributed by atoms with Crippen LogP contribution < -0.4 is 4.18 Å². The monoisotopic (exact) mass is 1150 g/mol. The number of ether oxygens (including phenoxy) is 1. The largest absolute Gasteiger partial charge is 0.534 e. The molecule has 0 aliphatic heterocycles. The van der Waals surface area contributed by atoms with Gasteiger partial charge in [0.1, 0.15) is 5.75 Å². The number of alkyl halides is 15. The minimum atomic E-state index is -6.01. The molecular formula is C55H57F15O7S. The van der Waals surface area contributed by atoms with Gasteiger partial charge in [-0.15, -0.1) is 0 Å². The van der Waals surface area contributed by atoms with E-state index in [0.717, 1.165) is 28.3 Å². The van der Waals surface area contributed by atoms with Crippen molar-refractivity contribution in [2.45, 2.75) is 146 Å². The van der Waals surface area contributed by atoms with Gasteiger partial charge in [-0.3, -0.25) is 4.79 Å². The molecule has 430 valence electrons. The summed E-state index contributed by atoms with van der Waals surface area (Å²) in [5.41, 5.74) is -11.2. The highest BCUT2D eigenvalue weighted by Gasteiger charge is 2.70. The molecule has 0 saturated carbocycles. The van der Waals surface area contributed by atoms with Gasteiger partial charge in [0.15, 0.2) is 0 Å². The van der Waals surface area contributed by atoms with Gasteiger partial charge in [0, 0.05) is 22.8 Å². The lowest BCUT2D eigenvalue weighted by atomic mass is 9.69. The molecule has 0 heterocycles. The predicted octanol–water partition coefficient (Wildman–Crippen LogP) is 15.1. The standard InChI is InChI=1S/C30H32F6O3.C25H25F9O4S/c1-6-27(7-2,24-14-12-22(20(3)18-24)10-8-9-11-26(37)39-5)25-15-13-23(21(4)19-25)16-17-28(38,29(31,32)33)30(34,35)36;1-5-21(6-2,19-9-10-20(16(4)14-19)38-39(36,37)25(32,33)34)18-8-7-17(15(3)13-18)11-12-22(35,23(26,27)28)24(29,30)31/h12-19,38H,6-7,9,11H2,1-5H3;7-14,35H,5-6H2,1-4H3/b17-16+;12-11+. The van der Waals surface area contributed by atoms with Crippen LogP contribution in [0.1, 0.15) is 127 Å². The summed E-state index contributed by atoms with van der Waals surface area (Å²) in [5.74, 6) is 5.16. The Morgan fingerprint density at radius 3 is 1.19 bits per heavy atom. The number of halogens is 15. The lowest BCUT2D eigenvalue weighted by Crippen LogP contribution is -2.55. The first-order valence-electron chi connectivity index (χ1n) is 23.7. The Morgan fingerprint density at radius 1 is 0.538 bits per heavy atom. The zero-order valence-corrected chi connectivity index (χ0v) is 44.3. The van der Waals surface area contributed by atoms with E-state index < -0.39 is 68.1 Å². The van der Waals surface area contributed by atoms with Crippen molar-refractivity contribution in [3.8, 4) is 17.6 Å². The van der Waals surface area contributed by atoms with Crippen molar-refractivity contribution in [3.05, 3.63) is 146 Å². The smallest absolute Gasteiger partial charge is 0.469 e. The molecule has 0 unspecified atom stereocenters. The molecule has 0 aliphatic carbocycles. The van der Waals surface area contributed by atoms with Crippen molar-refractivity contribution in [2.75, 3.05) is 7.11 Å². The minimum Gasteiger partial charge on any atom is -0.469 e. The summed E-state index contributed by atoms with van der Waals surface area (Å²) in [5, 5.41) is 18.8. The summed E-state index contributed by atoms with van der Waals surface area (Å²) in [4.78, 5) is 11.3. The Labute approximate surface area is 442 Å². The first-order valence-corrected chi connectivity index (χ1v) is 25.1. The van der Waals surface area contributed by atoms with Crippen LogP contribution in [-0.4, -0.2) is 73.1 Å². The van der Waals surface area contributed by atoms with Crippen molar-refractivity contribution < 1.29 is 98.2 Å². The molecule has 4 aromatic rings. The van der Waals surface area contributed by atoms with E-state index in [0.29, 0.717) is 60.9 Å². The number of methoxy groups -OCH3 is 1. The van der Waals surface area contributed by atoms with Gasteiger partial charge in [0.2, 0.25) is 0 Å². The van der Waals surface area contributed by atoms with Crippen molar-refractivity contribution in [3.63, 3.8) is 0 Å². The number of aliphatic hydroxyl groups is 2. The van der Waals surface area contributed by atoms with E-state index >= 15 is 0 Å². The number of aryl methyl sites for hydroxylation is 4. The van der Waals surface area contributed by atoms with Gasteiger partial charge in [-0.05, 0) is 133 Å². The zero-order valence-electron chi connectivity index (χ0n) is 43.5. The summed E-state index contributed by atoms with van der Waals surface area (Å²) in [6, 6.07) is 19.0. The van der Waals surface area contributed by atoms with E-state index in [-0.39, 0.29) is 46.8 Å². The second kappa shape index (κ2) is 24.6. The Bertz CT molecular complexity index is 2950. The molecule has 0 saturated heterocycles. The second-order valence-electron chi connectivity index (χ2n) is 18.3. The third-order valence-electron chi connectivity index (χ3n) is 13.7. The number of hydrogen-bond acceptors (Lipinski definition) is 7. The fraction of sp³-hybridized carbons (Fsp3) is 0.436. The van der Waals surface area contributed by atoms with Crippen molar-refractivity contribution >= 4 is 28.2 Å². The molecule has 0 aliphatic rings. The first-order chi connectivity index (χ1) is 35.6. The van der Waals surface area contributed by atoms with Gasteiger partial charge in [-0.1, -0.05) is 112 Å². The molecule has 0 fully saturated rings. The van der Waals surface area contributed by atoms with Crippen molar-refractivity contribution in [1.82, 2.24) is 0 Å². The molecule has 78 heavy (non-hydrogen) atoms. The molecule has 7 nitrogen and oxygen atoms in total. The summed E-state index contributed by atoms with van der Waals surface area (Å²) in [6.45, 7) is 13.9.